The first kappa shape index (κ1) is 29.6. The van der Waals surface area contributed by atoms with Gasteiger partial charge >= 0.3 is 13.5 Å². The summed E-state index contributed by atoms with van der Waals surface area (Å²) in [4.78, 5) is 27.7. The highest BCUT2D eigenvalue weighted by atomic mass is 32.7. The van der Waals surface area contributed by atoms with Crippen LogP contribution < -0.4 is 5.73 Å². The number of imidazole rings is 2. The number of nitrogen functional groups attached to an aromatic ring is 1. The van der Waals surface area contributed by atoms with Crippen LogP contribution in [0.1, 0.15) is 12.5 Å². The van der Waals surface area contributed by atoms with Crippen molar-refractivity contribution in [2.45, 2.75) is 49.1 Å². The Kier molecular flexibility index (Phi) is 7.62. The second-order valence-corrected chi connectivity index (χ2v) is 15.7. The van der Waals surface area contributed by atoms with Gasteiger partial charge < -0.3 is 39.4 Å². The molecule has 3 aliphatic heterocycles. The van der Waals surface area contributed by atoms with E-state index in [1.807, 2.05) is 6.07 Å². The zero-order valence-electron chi connectivity index (χ0n) is 21.8. The SMILES string of the molecule is Nc1ncnc2c1ncn2[C@@H]1O[C@@H]2COP(O)(=S)OC3C(O)[C@@H](COP(=O)(S)OC1C2O)O[C@H]3n1cnc2ccccc21. The van der Waals surface area contributed by atoms with E-state index < -0.39 is 75.8 Å². The van der Waals surface area contributed by atoms with Crippen molar-refractivity contribution in [1.82, 2.24) is 29.1 Å². The number of hydrogen-bond donors (Lipinski definition) is 5. The maximum absolute atomic E-state index is 13.5. The Hall–Kier alpha value is -2.09. The summed E-state index contributed by atoms with van der Waals surface area (Å²) in [6, 6.07) is 7.20. The third-order valence-corrected chi connectivity index (χ3v) is 10.5. The molecule has 3 aromatic heterocycles. The lowest BCUT2D eigenvalue weighted by molar-refractivity contribution is -0.0599. The predicted molar refractivity (Wildman–Crippen MR) is 154 cm³/mol. The number of aliphatic hydroxyl groups is 2. The van der Waals surface area contributed by atoms with Crippen LogP contribution in [-0.4, -0.2) is 94.0 Å². The fraction of sp³-hybridized carbons (Fsp3) is 0.455. The van der Waals surface area contributed by atoms with Crippen molar-refractivity contribution in [3.05, 3.63) is 43.2 Å². The highest BCUT2D eigenvalue weighted by molar-refractivity contribution is 8.44. The van der Waals surface area contributed by atoms with Gasteiger partial charge in [0.2, 0.25) is 0 Å². The Bertz CT molecular complexity index is 1780. The van der Waals surface area contributed by atoms with Gasteiger partial charge in [0.15, 0.2) is 23.9 Å². The molecule has 0 radical (unpaired) electrons. The molecule has 21 heteroatoms. The van der Waals surface area contributed by atoms with Crippen LogP contribution in [0.5, 0.6) is 0 Å². The summed E-state index contributed by atoms with van der Waals surface area (Å²) in [5.74, 6) is 0.106. The van der Waals surface area contributed by atoms with Crippen LogP contribution in [0.25, 0.3) is 22.2 Å². The topological polar surface area (TPSA) is 221 Å². The maximum Gasteiger partial charge on any atom is 0.386 e. The summed E-state index contributed by atoms with van der Waals surface area (Å²) in [5.41, 5.74) is 7.72. The fourth-order valence-electron chi connectivity index (χ4n) is 5.33. The van der Waals surface area contributed by atoms with E-state index in [9.17, 15) is 19.7 Å². The molecule has 4 bridgehead atoms. The molecule has 3 saturated heterocycles. The molecule has 0 amide bonds. The molecular formula is C22H25N7O10P2S2. The Morgan fingerprint density at radius 2 is 1.58 bits per heavy atom. The summed E-state index contributed by atoms with van der Waals surface area (Å²) in [6.07, 6.45) is -5.99. The Morgan fingerprint density at radius 1 is 0.930 bits per heavy atom. The number of para-hydroxylation sites is 2. The third kappa shape index (κ3) is 5.42. The van der Waals surface area contributed by atoms with Gasteiger partial charge in [-0.1, -0.05) is 24.4 Å². The molecule has 17 nitrogen and oxygen atoms in total. The average Bonchev–Trinajstić information content (AvgIpc) is 3.72. The molecule has 0 aliphatic carbocycles. The number of rotatable bonds is 2. The molecule has 3 aliphatic rings. The van der Waals surface area contributed by atoms with E-state index >= 15 is 0 Å². The third-order valence-electron chi connectivity index (χ3n) is 7.36. The summed E-state index contributed by atoms with van der Waals surface area (Å²) >= 11 is 9.40. The molecule has 0 saturated carbocycles. The summed E-state index contributed by atoms with van der Waals surface area (Å²) in [7, 11) is 0. The molecule has 0 spiro atoms. The number of hydrogen-bond acceptors (Lipinski definition) is 15. The van der Waals surface area contributed by atoms with Gasteiger partial charge in [-0.05, 0) is 23.9 Å². The number of thiol groups is 1. The van der Waals surface area contributed by atoms with E-state index in [1.54, 1.807) is 22.8 Å². The molecular weight excluding hydrogens is 648 g/mol. The van der Waals surface area contributed by atoms with E-state index in [0.29, 0.717) is 11.0 Å². The van der Waals surface area contributed by atoms with Crippen molar-refractivity contribution >= 4 is 65.6 Å². The number of nitrogens with two attached hydrogens (primary N) is 1. The van der Waals surface area contributed by atoms with E-state index in [1.165, 1.54) is 23.5 Å². The van der Waals surface area contributed by atoms with Gasteiger partial charge in [-0.25, -0.2) is 24.5 Å². The molecule has 7 rings (SSSR count). The normalized spacial score (nSPS) is 38.9. The van der Waals surface area contributed by atoms with Gasteiger partial charge in [0, 0.05) is 0 Å². The van der Waals surface area contributed by atoms with E-state index in [4.69, 9.17) is 45.1 Å². The Balaban J connectivity index is 1.22. The van der Waals surface area contributed by atoms with Crippen LogP contribution in [0.4, 0.5) is 5.82 Å². The molecule has 230 valence electrons. The van der Waals surface area contributed by atoms with Crippen LogP contribution in [0.2, 0.25) is 0 Å². The number of benzene rings is 1. The molecule has 5 N–H and O–H groups in total. The van der Waals surface area contributed by atoms with Crippen LogP contribution in [-0.2, 0) is 43.9 Å². The maximum atomic E-state index is 13.5. The summed E-state index contributed by atoms with van der Waals surface area (Å²) in [6.45, 7) is -9.30. The van der Waals surface area contributed by atoms with Gasteiger partial charge in [-0.3, -0.25) is 18.1 Å². The quantitative estimate of drug-likeness (QED) is 0.148. The van der Waals surface area contributed by atoms with Gasteiger partial charge in [0.1, 0.15) is 48.5 Å². The monoisotopic (exact) mass is 673 g/mol. The molecule has 6 heterocycles. The zero-order chi connectivity index (χ0) is 30.1. The summed E-state index contributed by atoms with van der Waals surface area (Å²) < 4.78 is 51.3. The molecule has 3 fully saturated rings. The minimum Gasteiger partial charge on any atom is -0.387 e. The number of aliphatic hydroxyl groups excluding tert-OH is 2. The second kappa shape index (κ2) is 11.1. The highest BCUT2D eigenvalue weighted by Gasteiger charge is 2.52. The minimum absolute atomic E-state index is 0.106. The molecule has 1 aromatic carbocycles. The Morgan fingerprint density at radius 3 is 2.35 bits per heavy atom. The number of fused-ring (bicyclic) bond motifs is 6. The smallest absolute Gasteiger partial charge is 0.386 e. The second-order valence-electron chi connectivity index (χ2n) is 10.0. The van der Waals surface area contributed by atoms with Crippen LogP contribution >= 0.6 is 25.8 Å². The van der Waals surface area contributed by atoms with Crippen molar-refractivity contribution in [3.8, 4) is 0 Å². The highest BCUT2D eigenvalue weighted by Crippen LogP contribution is 2.58. The molecule has 4 aromatic rings. The molecule has 43 heavy (non-hydrogen) atoms. The first-order chi connectivity index (χ1) is 20.5. The number of anilines is 1. The zero-order valence-corrected chi connectivity index (χ0v) is 25.3. The Labute approximate surface area is 252 Å². The minimum atomic E-state index is -4.25. The van der Waals surface area contributed by atoms with Gasteiger partial charge in [-0.15, -0.1) is 0 Å². The van der Waals surface area contributed by atoms with Crippen molar-refractivity contribution in [3.63, 3.8) is 0 Å². The number of ether oxygens (including phenoxy) is 2. The van der Waals surface area contributed by atoms with Crippen molar-refractivity contribution in [1.29, 1.82) is 0 Å². The lowest BCUT2D eigenvalue weighted by Gasteiger charge is -2.27. The standard InChI is InChI=1S/C22H25N7O10P2S2/c23-19-14-20(25-7-24-19)29(9-27-14)22-18-16(31)13(37-22)6-35-40(32,42)38-17-15(30)12(5-34-41(33,43)39-18)36-21(17)28-8-26-10-3-1-2-4-11(10)28/h1-4,7-9,12-13,15-18,21-22,30-31H,5-6H2,(H,32,42)(H,33,43)(H2,23,24,25)/t12-,13-,15?,16?,17?,18?,21-,22-,40?,41?/m1/s1. The van der Waals surface area contributed by atoms with Gasteiger partial charge in [0.05, 0.1) is 36.9 Å². The fourth-order valence-corrected chi connectivity index (χ4v) is 8.20. The number of nitrogens with zero attached hydrogens (tertiary/aromatic N) is 6. The van der Waals surface area contributed by atoms with Crippen LogP contribution in [0, 0.1) is 0 Å². The van der Waals surface area contributed by atoms with E-state index in [-0.39, 0.29) is 17.0 Å². The molecule has 6 unspecified atom stereocenters. The van der Waals surface area contributed by atoms with Crippen molar-refractivity contribution in [2.24, 2.45) is 0 Å². The first-order valence-corrected chi connectivity index (χ1v) is 18.1. The molecule has 10 atom stereocenters. The predicted octanol–water partition coefficient (Wildman–Crippen LogP) is 1.05. The van der Waals surface area contributed by atoms with E-state index in [0.717, 1.165) is 0 Å². The lowest BCUT2D eigenvalue weighted by Crippen LogP contribution is -2.37. The first-order valence-electron chi connectivity index (χ1n) is 12.8. The lowest BCUT2D eigenvalue weighted by atomic mass is 10.1. The van der Waals surface area contributed by atoms with E-state index in [2.05, 4.69) is 32.2 Å². The van der Waals surface area contributed by atoms with Crippen molar-refractivity contribution in [2.75, 3.05) is 18.9 Å². The van der Waals surface area contributed by atoms with Gasteiger partial charge in [-0.2, -0.15) is 0 Å². The summed E-state index contributed by atoms with van der Waals surface area (Å²) in [5, 5.41) is 22.4. The van der Waals surface area contributed by atoms with Gasteiger partial charge in [0.25, 0.3) is 0 Å². The number of aromatic nitrogens is 6. The largest absolute Gasteiger partial charge is 0.387 e. The van der Waals surface area contributed by atoms with Crippen LogP contribution in [0.15, 0.2) is 43.2 Å². The van der Waals surface area contributed by atoms with Crippen molar-refractivity contribution < 1.29 is 47.2 Å². The van der Waals surface area contributed by atoms with Crippen LogP contribution in [0.3, 0.4) is 0 Å². The average molecular weight is 674 g/mol.